The second-order valence-electron chi connectivity index (χ2n) is 4.92. The molecule has 0 bridgehead atoms. The zero-order chi connectivity index (χ0) is 15.4. The number of nitrogens with zero attached hydrogens (tertiary/aromatic N) is 2. The van der Waals surface area contributed by atoms with E-state index in [2.05, 4.69) is 27.8 Å². The fourth-order valence-corrected chi connectivity index (χ4v) is 3.00. The summed E-state index contributed by atoms with van der Waals surface area (Å²) in [4.78, 5) is 16.8. The van der Waals surface area contributed by atoms with Crippen LogP contribution >= 0.6 is 15.9 Å². The van der Waals surface area contributed by atoms with Crippen molar-refractivity contribution in [3.05, 3.63) is 22.2 Å². The standard InChI is InChI=1S/C15H21BrN2O3/c1-4-17-5-7-18(8-6-17)15(19)11-9-12(20-2)14(16)13(10-11)21-3/h9-10H,4-8H2,1-3H3. The van der Waals surface area contributed by atoms with Gasteiger partial charge in [-0.2, -0.15) is 0 Å². The quantitative estimate of drug-likeness (QED) is 0.829. The fourth-order valence-electron chi connectivity index (χ4n) is 2.44. The first-order chi connectivity index (χ1) is 10.1. The van der Waals surface area contributed by atoms with Crippen molar-refractivity contribution in [2.75, 3.05) is 46.9 Å². The van der Waals surface area contributed by atoms with Crippen molar-refractivity contribution in [3.63, 3.8) is 0 Å². The number of ether oxygens (including phenoxy) is 2. The molecule has 1 aromatic carbocycles. The van der Waals surface area contributed by atoms with E-state index in [0.717, 1.165) is 37.2 Å². The van der Waals surface area contributed by atoms with Gasteiger partial charge in [-0.05, 0) is 34.6 Å². The molecule has 1 saturated heterocycles. The highest BCUT2D eigenvalue weighted by molar-refractivity contribution is 9.10. The number of carbonyl (C=O) groups excluding carboxylic acids is 1. The highest BCUT2D eigenvalue weighted by Gasteiger charge is 2.23. The van der Waals surface area contributed by atoms with Gasteiger partial charge in [0.1, 0.15) is 16.0 Å². The van der Waals surface area contributed by atoms with Crippen LogP contribution in [0.25, 0.3) is 0 Å². The lowest BCUT2D eigenvalue weighted by Crippen LogP contribution is -2.48. The molecule has 0 spiro atoms. The van der Waals surface area contributed by atoms with Gasteiger partial charge in [-0.15, -0.1) is 0 Å². The van der Waals surface area contributed by atoms with Gasteiger partial charge in [0.25, 0.3) is 5.91 Å². The Hall–Kier alpha value is -1.27. The molecule has 1 heterocycles. The van der Waals surface area contributed by atoms with Crippen LogP contribution in [0.5, 0.6) is 11.5 Å². The van der Waals surface area contributed by atoms with Crippen LogP contribution in [0.3, 0.4) is 0 Å². The van der Waals surface area contributed by atoms with Gasteiger partial charge in [0.05, 0.1) is 14.2 Å². The second-order valence-corrected chi connectivity index (χ2v) is 5.71. The normalized spacial score (nSPS) is 15.9. The van der Waals surface area contributed by atoms with E-state index in [1.54, 1.807) is 26.4 Å². The number of likely N-dealkylation sites (N-methyl/N-ethyl adjacent to an activating group) is 1. The number of hydrogen-bond acceptors (Lipinski definition) is 4. The van der Waals surface area contributed by atoms with Crippen molar-refractivity contribution in [1.29, 1.82) is 0 Å². The third-order valence-electron chi connectivity index (χ3n) is 3.80. The first kappa shape index (κ1) is 16.1. The van der Waals surface area contributed by atoms with Crippen LogP contribution in [0.2, 0.25) is 0 Å². The van der Waals surface area contributed by atoms with Gasteiger partial charge in [0.2, 0.25) is 0 Å². The molecule has 116 valence electrons. The van der Waals surface area contributed by atoms with Crippen molar-refractivity contribution in [2.24, 2.45) is 0 Å². The van der Waals surface area contributed by atoms with E-state index in [1.807, 2.05) is 4.90 Å². The largest absolute Gasteiger partial charge is 0.495 e. The topological polar surface area (TPSA) is 42.0 Å². The second kappa shape index (κ2) is 7.13. The number of halogens is 1. The number of rotatable bonds is 4. The Morgan fingerprint density at radius 2 is 1.67 bits per heavy atom. The maximum Gasteiger partial charge on any atom is 0.254 e. The molecule has 5 nitrogen and oxygen atoms in total. The van der Waals surface area contributed by atoms with Gasteiger partial charge in [-0.25, -0.2) is 0 Å². The van der Waals surface area contributed by atoms with Crippen molar-refractivity contribution in [3.8, 4) is 11.5 Å². The number of carbonyl (C=O) groups is 1. The SMILES string of the molecule is CCN1CCN(C(=O)c2cc(OC)c(Br)c(OC)c2)CC1. The Morgan fingerprint density at radius 1 is 1.14 bits per heavy atom. The van der Waals surface area contributed by atoms with Crippen LogP contribution in [0.1, 0.15) is 17.3 Å². The highest BCUT2D eigenvalue weighted by Crippen LogP contribution is 2.36. The van der Waals surface area contributed by atoms with Gasteiger partial charge in [-0.1, -0.05) is 6.92 Å². The summed E-state index contributed by atoms with van der Waals surface area (Å²) in [5.74, 6) is 1.23. The van der Waals surface area contributed by atoms with Crippen LogP contribution in [0.4, 0.5) is 0 Å². The number of hydrogen-bond donors (Lipinski definition) is 0. The van der Waals surface area contributed by atoms with Crippen LogP contribution in [0, 0.1) is 0 Å². The van der Waals surface area contributed by atoms with Crippen molar-refractivity contribution >= 4 is 21.8 Å². The minimum Gasteiger partial charge on any atom is -0.495 e. The van der Waals surface area contributed by atoms with Gasteiger partial charge in [0.15, 0.2) is 0 Å². The first-order valence-corrected chi connectivity index (χ1v) is 7.83. The van der Waals surface area contributed by atoms with Gasteiger partial charge in [-0.3, -0.25) is 4.79 Å². The third-order valence-corrected chi connectivity index (χ3v) is 4.58. The van der Waals surface area contributed by atoms with Crippen LogP contribution in [-0.4, -0.2) is 62.7 Å². The van der Waals surface area contributed by atoms with Crippen LogP contribution < -0.4 is 9.47 Å². The summed E-state index contributed by atoms with van der Waals surface area (Å²) in [7, 11) is 3.15. The molecular formula is C15H21BrN2O3. The molecule has 2 rings (SSSR count). The first-order valence-electron chi connectivity index (χ1n) is 7.03. The molecule has 21 heavy (non-hydrogen) atoms. The molecular weight excluding hydrogens is 336 g/mol. The molecule has 0 radical (unpaired) electrons. The zero-order valence-corrected chi connectivity index (χ0v) is 14.3. The molecule has 1 amide bonds. The lowest BCUT2D eigenvalue weighted by molar-refractivity contribution is 0.0642. The van der Waals surface area contributed by atoms with Gasteiger partial charge >= 0.3 is 0 Å². The smallest absolute Gasteiger partial charge is 0.254 e. The summed E-state index contributed by atoms with van der Waals surface area (Å²) in [6.07, 6.45) is 0. The van der Waals surface area contributed by atoms with Crippen molar-refractivity contribution < 1.29 is 14.3 Å². The molecule has 0 saturated carbocycles. The predicted molar refractivity (Wildman–Crippen MR) is 85.3 cm³/mol. The summed E-state index contributed by atoms with van der Waals surface area (Å²) in [5, 5.41) is 0. The van der Waals surface area contributed by atoms with E-state index in [9.17, 15) is 4.79 Å². The van der Waals surface area contributed by atoms with Crippen LogP contribution in [0.15, 0.2) is 16.6 Å². The van der Waals surface area contributed by atoms with Crippen molar-refractivity contribution in [1.82, 2.24) is 9.80 Å². The minimum absolute atomic E-state index is 0.0230. The van der Waals surface area contributed by atoms with E-state index in [4.69, 9.17) is 9.47 Å². The summed E-state index contributed by atoms with van der Waals surface area (Å²) in [6, 6.07) is 3.50. The number of piperazine rings is 1. The number of amides is 1. The molecule has 0 unspecified atom stereocenters. The predicted octanol–water partition coefficient (Wildman–Crippen LogP) is 2.24. The molecule has 1 fully saturated rings. The lowest BCUT2D eigenvalue weighted by atomic mass is 10.1. The Bertz CT molecular complexity index is 489. The number of methoxy groups -OCH3 is 2. The van der Waals surface area contributed by atoms with Crippen LogP contribution in [-0.2, 0) is 0 Å². The summed E-state index contributed by atoms with van der Waals surface area (Å²) in [5.41, 5.74) is 0.594. The van der Waals surface area contributed by atoms with E-state index in [0.29, 0.717) is 17.1 Å². The van der Waals surface area contributed by atoms with Gasteiger partial charge < -0.3 is 19.3 Å². The van der Waals surface area contributed by atoms with E-state index < -0.39 is 0 Å². The van der Waals surface area contributed by atoms with Gasteiger partial charge in [0, 0.05) is 31.7 Å². The van der Waals surface area contributed by atoms with E-state index >= 15 is 0 Å². The highest BCUT2D eigenvalue weighted by atomic mass is 79.9. The Kier molecular flexibility index (Phi) is 5.47. The Labute approximate surface area is 133 Å². The van der Waals surface area contributed by atoms with Crippen molar-refractivity contribution in [2.45, 2.75) is 6.92 Å². The average Bonchev–Trinajstić information content (AvgIpc) is 2.54. The summed E-state index contributed by atoms with van der Waals surface area (Å²) < 4.78 is 11.3. The molecule has 0 aliphatic carbocycles. The molecule has 6 heteroatoms. The molecule has 1 aromatic rings. The average molecular weight is 357 g/mol. The lowest BCUT2D eigenvalue weighted by Gasteiger charge is -2.34. The summed E-state index contributed by atoms with van der Waals surface area (Å²) >= 11 is 3.42. The Balaban J connectivity index is 2.19. The molecule has 0 atom stereocenters. The van der Waals surface area contributed by atoms with E-state index in [-0.39, 0.29) is 5.91 Å². The monoisotopic (exact) mass is 356 g/mol. The Morgan fingerprint density at radius 3 is 2.10 bits per heavy atom. The summed E-state index contributed by atoms with van der Waals surface area (Å²) in [6.45, 7) is 6.53. The maximum atomic E-state index is 12.6. The molecule has 1 aliphatic rings. The maximum absolute atomic E-state index is 12.6. The third kappa shape index (κ3) is 3.49. The number of benzene rings is 1. The zero-order valence-electron chi connectivity index (χ0n) is 12.7. The molecule has 1 aliphatic heterocycles. The molecule has 0 aromatic heterocycles. The van der Waals surface area contributed by atoms with E-state index in [1.165, 1.54) is 0 Å². The minimum atomic E-state index is 0.0230. The molecule has 0 N–H and O–H groups in total. The fraction of sp³-hybridized carbons (Fsp3) is 0.533.